The van der Waals surface area contributed by atoms with Crippen molar-refractivity contribution in [3.63, 3.8) is 0 Å². The molecule has 0 atom stereocenters. The number of benzene rings is 1. The van der Waals surface area contributed by atoms with Crippen molar-refractivity contribution in [1.29, 1.82) is 0 Å². The van der Waals surface area contributed by atoms with E-state index in [1.54, 1.807) is 18.2 Å². The van der Waals surface area contributed by atoms with Crippen LogP contribution in [0, 0.1) is 0 Å². The molecule has 0 aromatic heterocycles. The van der Waals surface area contributed by atoms with Crippen LogP contribution < -0.4 is 20.9 Å². The van der Waals surface area contributed by atoms with E-state index in [0.29, 0.717) is 17.1 Å². The second-order valence-electron chi connectivity index (χ2n) is 3.71. The lowest BCUT2D eigenvalue weighted by Crippen LogP contribution is -2.58. The molecule has 0 radical (unpaired) electrons. The summed E-state index contributed by atoms with van der Waals surface area (Å²) in [5.41, 5.74) is 9.81. The van der Waals surface area contributed by atoms with Crippen molar-refractivity contribution in [2.75, 3.05) is 6.79 Å². The first kappa shape index (κ1) is 10.7. The second-order valence-corrected chi connectivity index (χ2v) is 3.71. The summed E-state index contributed by atoms with van der Waals surface area (Å²) in [7, 11) is 0. The van der Waals surface area contributed by atoms with Crippen LogP contribution in [-0.4, -0.2) is 23.5 Å². The van der Waals surface area contributed by atoms with Crippen LogP contribution in [-0.2, 0) is 11.2 Å². The van der Waals surface area contributed by atoms with Gasteiger partial charge in [-0.2, -0.15) is 0 Å². The van der Waals surface area contributed by atoms with Gasteiger partial charge in [0.1, 0.15) is 0 Å². The fraction of sp³-hybridized carbons (Fsp3) is 0.300. The van der Waals surface area contributed by atoms with E-state index in [2.05, 4.69) is 0 Å². The van der Waals surface area contributed by atoms with Crippen molar-refractivity contribution in [1.82, 2.24) is 0 Å². The minimum atomic E-state index is -1.77. The Kier molecular flexibility index (Phi) is 2.45. The first-order chi connectivity index (χ1) is 7.49. The Balaban J connectivity index is 2.20. The van der Waals surface area contributed by atoms with Gasteiger partial charge in [-0.3, -0.25) is 0 Å². The maximum absolute atomic E-state index is 10.8. The molecule has 0 saturated carbocycles. The summed E-state index contributed by atoms with van der Waals surface area (Å²) in [6.45, 7) is 0.175. The Morgan fingerprint density at radius 1 is 1.38 bits per heavy atom. The summed E-state index contributed by atoms with van der Waals surface area (Å²) in [4.78, 5) is 10.8. The Hall–Kier alpha value is -1.79. The number of fused-ring (bicyclic) bond motifs is 1. The Bertz CT molecular complexity index is 431. The van der Waals surface area contributed by atoms with E-state index in [1.165, 1.54) is 0 Å². The second kappa shape index (κ2) is 3.66. The molecule has 1 aliphatic heterocycles. The molecule has 0 unspecified atom stereocenters. The molecule has 0 spiro atoms. The highest BCUT2D eigenvalue weighted by atomic mass is 16.7. The van der Waals surface area contributed by atoms with Gasteiger partial charge in [0, 0.05) is 6.42 Å². The maximum atomic E-state index is 10.8. The molecule has 2 rings (SSSR count). The molecule has 16 heavy (non-hydrogen) atoms. The van der Waals surface area contributed by atoms with E-state index in [4.69, 9.17) is 26.0 Å². The van der Waals surface area contributed by atoms with E-state index < -0.39 is 11.6 Å². The van der Waals surface area contributed by atoms with Crippen molar-refractivity contribution in [2.24, 2.45) is 11.5 Å². The molecular formula is C10H12N2O4. The smallest absolute Gasteiger partial charge is 0.338 e. The van der Waals surface area contributed by atoms with Crippen LogP contribution in [0.3, 0.4) is 0 Å². The van der Waals surface area contributed by atoms with Gasteiger partial charge in [0.15, 0.2) is 17.2 Å². The molecular weight excluding hydrogens is 212 g/mol. The van der Waals surface area contributed by atoms with Crippen LogP contribution in [0.5, 0.6) is 11.5 Å². The zero-order valence-corrected chi connectivity index (χ0v) is 8.47. The zero-order chi connectivity index (χ0) is 11.8. The topological polar surface area (TPSA) is 108 Å². The third-order valence-corrected chi connectivity index (χ3v) is 2.33. The highest BCUT2D eigenvalue weighted by Crippen LogP contribution is 2.32. The van der Waals surface area contributed by atoms with Gasteiger partial charge < -0.3 is 26.0 Å². The molecule has 0 bridgehead atoms. The van der Waals surface area contributed by atoms with Crippen molar-refractivity contribution in [2.45, 2.75) is 12.1 Å². The summed E-state index contributed by atoms with van der Waals surface area (Å²) in [5, 5.41) is 8.79. The molecule has 1 heterocycles. The summed E-state index contributed by atoms with van der Waals surface area (Å²) in [6, 6.07) is 5.10. The van der Waals surface area contributed by atoms with Crippen LogP contribution in [0.2, 0.25) is 0 Å². The predicted molar refractivity (Wildman–Crippen MR) is 55.0 cm³/mol. The fourth-order valence-electron chi connectivity index (χ4n) is 1.46. The van der Waals surface area contributed by atoms with Crippen LogP contribution >= 0.6 is 0 Å². The van der Waals surface area contributed by atoms with Gasteiger partial charge in [-0.1, -0.05) is 6.07 Å². The number of carboxylic acids is 1. The third kappa shape index (κ3) is 1.93. The molecule has 6 nitrogen and oxygen atoms in total. The SMILES string of the molecule is NC(N)(Cc1ccc2c(c1)OCO2)C(=O)O. The van der Waals surface area contributed by atoms with Gasteiger partial charge in [0.2, 0.25) is 6.79 Å². The van der Waals surface area contributed by atoms with E-state index in [1.807, 2.05) is 0 Å². The minimum Gasteiger partial charge on any atom is -0.479 e. The van der Waals surface area contributed by atoms with E-state index in [9.17, 15) is 4.79 Å². The maximum Gasteiger partial charge on any atom is 0.338 e. The first-order valence-electron chi connectivity index (χ1n) is 4.69. The minimum absolute atomic E-state index is 0.0268. The van der Waals surface area contributed by atoms with Gasteiger partial charge in [0.05, 0.1) is 0 Å². The normalized spacial score (nSPS) is 13.9. The first-order valence-corrected chi connectivity index (χ1v) is 4.69. The van der Waals surface area contributed by atoms with Gasteiger partial charge in [0.25, 0.3) is 0 Å². The summed E-state index contributed by atoms with van der Waals surface area (Å²) in [6.07, 6.45) is 0.0268. The van der Waals surface area contributed by atoms with Gasteiger partial charge >= 0.3 is 5.97 Å². The van der Waals surface area contributed by atoms with Gasteiger partial charge in [-0.15, -0.1) is 0 Å². The number of hydrogen-bond acceptors (Lipinski definition) is 5. The van der Waals surface area contributed by atoms with E-state index in [-0.39, 0.29) is 13.2 Å². The van der Waals surface area contributed by atoms with Crippen molar-refractivity contribution >= 4 is 5.97 Å². The summed E-state index contributed by atoms with van der Waals surface area (Å²) in [5.74, 6) is -0.0254. The number of hydrogen-bond donors (Lipinski definition) is 3. The van der Waals surface area contributed by atoms with Crippen LogP contribution in [0.15, 0.2) is 18.2 Å². The molecule has 6 heteroatoms. The average molecular weight is 224 g/mol. The van der Waals surface area contributed by atoms with Crippen molar-refractivity contribution < 1.29 is 19.4 Å². The zero-order valence-electron chi connectivity index (χ0n) is 8.47. The molecule has 0 fully saturated rings. The van der Waals surface area contributed by atoms with Crippen LogP contribution in [0.25, 0.3) is 0 Å². The fourth-order valence-corrected chi connectivity index (χ4v) is 1.46. The molecule has 0 aliphatic carbocycles. The van der Waals surface area contributed by atoms with Crippen LogP contribution in [0.4, 0.5) is 0 Å². The Labute approximate surface area is 91.7 Å². The lowest BCUT2D eigenvalue weighted by Gasteiger charge is -2.18. The standard InChI is InChI=1S/C10H12N2O4/c11-10(12,9(13)14)4-6-1-2-7-8(3-6)16-5-15-7/h1-3H,4-5,11-12H2,(H,13,14). The third-order valence-electron chi connectivity index (χ3n) is 2.33. The Morgan fingerprint density at radius 2 is 2.06 bits per heavy atom. The number of carbonyl (C=O) groups is 1. The van der Waals surface area contributed by atoms with Gasteiger partial charge in [-0.25, -0.2) is 4.79 Å². The molecule has 1 aromatic rings. The van der Waals surface area contributed by atoms with Gasteiger partial charge in [-0.05, 0) is 17.7 Å². The van der Waals surface area contributed by atoms with Crippen LogP contribution in [0.1, 0.15) is 5.56 Å². The van der Waals surface area contributed by atoms with E-state index in [0.717, 1.165) is 0 Å². The van der Waals surface area contributed by atoms with Crippen molar-refractivity contribution in [3.05, 3.63) is 23.8 Å². The number of rotatable bonds is 3. The lowest BCUT2D eigenvalue weighted by molar-refractivity contribution is -0.143. The molecule has 5 N–H and O–H groups in total. The molecule has 0 saturated heterocycles. The highest BCUT2D eigenvalue weighted by Gasteiger charge is 2.29. The number of carboxylic acid groups (broad SMARTS) is 1. The largest absolute Gasteiger partial charge is 0.479 e. The molecule has 0 amide bonds. The van der Waals surface area contributed by atoms with E-state index >= 15 is 0 Å². The average Bonchev–Trinajstić information content (AvgIpc) is 2.63. The summed E-state index contributed by atoms with van der Waals surface area (Å²) >= 11 is 0. The molecule has 1 aliphatic rings. The van der Waals surface area contributed by atoms with Crippen molar-refractivity contribution in [3.8, 4) is 11.5 Å². The number of ether oxygens (including phenoxy) is 2. The lowest BCUT2D eigenvalue weighted by atomic mass is 10.0. The number of aliphatic carboxylic acids is 1. The monoisotopic (exact) mass is 224 g/mol. The molecule has 1 aromatic carbocycles. The Morgan fingerprint density at radius 3 is 2.75 bits per heavy atom. The molecule has 86 valence electrons. The number of nitrogens with two attached hydrogens (primary N) is 2. The summed E-state index contributed by atoms with van der Waals surface area (Å²) < 4.78 is 10.3. The highest BCUT2D eigenvalue weighted by molar-refractivity contribution is 5.78. The predicted octanol–water partition coefficient (Wildman–Crippen LogP) is -0.344. The quantitative estimate of drug-likeness (QED) is 0.606.